The van der Waals surface area contributed by atoms with E-state index in [0.717, 1.165) is 21.7 Å². The Hall–Kier alpha value is -4.24. The summed E-state index contributed by atoms with van der Waals surface area (Å²) in [5, 5.41) is 7.34. The van der Waals surface area contributed by atoms with Crippen molar-refractivity contribution in [3.63, 3.8) is 0 Å². The number of aryl methyl sites for hydroxylation is 2. The van der Waals surface area contributed by atoms with Gasteiger partial charge in [0.25, 0.3) is 5.89 Å². The number of nitrogens with zero attached hydrogens (tertiary/aromatic N) is 4. The molecule has 36 heavy (non-hydrogen) atoms. The molecule has 8 nitrogen and oxygen atoms in total. The number of carbonyl (C=O) groups excluding carboxylic acids is 1. The van der Waals surface area contributed by atoms with Crippen LogP contribution in [0.2, 0.25) is 0 Å². The van der Waals surface area contributed by atoms with Crippen LogP contribution in [0.4, 0.5) is 5.69 Å². The normalized spacial score (nSPS) is 11.1. The van der Waals surface area contributed by atoms with Crippen molar-refractivity contribution in [1.29, 1.82) is 0 Å². The van der Waals surface area contributed by atoms with Crippen molar-refractivity contribution >= 4 is 34.4 Å². The second-order valence-electron chi connectivity index (χ2n) is 8.39. The molecule has 0 aliphatic rings. The number of amides is 1. The number of benzene rings is 2. The molecule has 0 spiro atoms. The van der Waals surface area contributed by atoms with Crippen LogP contribution in [0.5, 0.6) is 0 Å². The summed E-state index contributed by atoms with van der Waals surface area (Å²) >= 11 is 1.60. The summed E-state index contributed by atoms with van der Waals surface area (Å²) in [7, 11) is 0. The molecule has 0 saturated heterocycles. The van der Waals surface area contributed by atoms with Crippen LogP contribution in [0.15, 0.2) is 81.1 Å². The molecule has 0 fully saturated rings. The Morgan fingerprint density at radius 2 is 1.86 bits per heavy atom. The van der Waals surface area contributed by atoms with Crippen molar-refractivity contribution < 1.29 is 9.32 Å². The Morgan fingerprint density at radius 3 is 2.64 bits per heavy atom. The molecule has 9 heteroatoms. The van der Waals surface area contributed by atoms with Gasteiger partial charge in [-0.25, -0.2) is 4.98 Å². The lowest BCUT2D eigenvalue weighted by atomic mass is 10.1. The van der Waals surface area contributed by atoms with E-state index in [1.807, 2.05) is 68.6 Å². The summed E-state index contributed by atoms with van der Waals surface area (Å²) in [6, 6.07) is 18.8. The molecule has 180 valence electrons. The SMILES string of the molecule is CSc1cccc(NC(=O)Cn2cc(-c3nc(-c4ccc(C)cc4)no3)c(=O)c3ccc(C)nc32)c1. The summed E-state index contributed by atoms with van der Waals surface area (Å²) in [6.07, 6.45) is 3.53. The van der Waals surface area contributed by atoms with E-state index >= 15 is 0 Å². The zero-order valence-corrected chi connectivity index (χ0v) is 20.8. The van der Waals surface area contributed by atoms with Gasteiger partial charge in [-0.1, -0.05) is 41.1 Å². The van der Waals surface area contributed by atoms with Crippen LogP contribution in [0, 0.1) is 13.8 Å². The lowest BCUT2D eigenvalue weighted by Crippen LogP contribution is -2.22. The standard InChI is InChI=1S/C27H23N5O3S/c1-16-7-10-18(11-8-16)25-30-27(35-31-25)22-14-32(26-21(24(22)34)12-9-17(2)28-26)15-23(33)29-19-5-4-6-20(13-19)36-3/h4-14H,15H2,1-3H3,(H,29,33). The van der Waals surface area contributed by atoms with Crippen LogP contribution in [-0.4, -0.2) is 31.9 Å². The fraction of sp³-hybridized carbons (Fsp3) is 0.148. The molecule has 5 aromatic rings. The fourth-order valence-corrected chi connectivity index (χ4v) is 4.30. The van der Waals surface area contributed by atoms with Gasteiger partial charge in [0.15, 0.2) is 0 Å². The maximum atomic E-state index is 13.3. The first-order chi connectivity index (χ1) is 17.4. The highest BCUT2D eigenvalue weighted by molar-refractivity contribution is 7.98. The largest absolute Gasteiger partial charge is 0.333 e. The molecular formula is C27H23N5O3S. The first-order valence-corrected chi connectivity index (χ1v) is 12.5. The van der Waals surface area contributed by atoms with Crippen molar-refractivity contribution in [2.75, 3.05) is 11.6 Å². The van der Waals surface area contributed by atoms with Crippen LogP contribution in [0.1, 0.15) is 11.3 Å². The molecule has 0 aliphatic heterocycles. The number of aromatic nitrogens is 4. The quantitative estimate of drug-likeness (QED) is 0.326. The van der Waals surface area contributed by atoms with Crippen LogP contribution in [0.25, 0.3) is 33.9 Å². The minimum atomic E-state index is -0.291. The average Bonchev–Trinajstić information content (AvgIpc) is 3.36. The van der Waals surface area contributed by atoms with Gasteiger partial charge in [-0.15, -0.1) is 11.8 Å². The summed E-state index contributed by atoms with van der Waals surface area (Å²) < 4.78 is 7.11. The topological polar surface area (TPSA) is 103 Å². The Morgan fingerprint density at radius 1 is 1.06 bits per heavy atom. The molecule has 0 radical (unpaired) electrons. The second-order valence-corrected chi connectivity index (χ2v) is 9.27. The van der Waals surface area contributed by atoms with Crippen LogP contribution in [-0.2, 0) is 11.3 Å². The van der Waals surface area contributed by atoms with Gasteiger partial charge < -0.3 is 14.4 Å². The minimum absolute atomic E-state index is 0.0529. The van der Waals surface area contributed by atoms with Gasteiger partial charge in [0.1, 0.15) is 17.8 Å². The smallest absolute Gasteiger partial charge is 0.263 e. The van der Waals surface area contributed by atoms with Crippen LogP contribution >= 0.6 is 11.8 Å². The van der Waals surface area contributed by atoms with E-state index in [0.29, 0.717) is 22.5 Å². The number of hydrogen-bond acceptors (Lipinski definition) is 7. The van der Waals surface area contributed by atoms with Gasteiger partial charge in [-0.2, -0.15) is 4.98 Å². The first-order valence-electron chi connectivity index (χ1n) is 11.3. The number of fused-ring (bicyclic) bond motifs is 1. The van der Waals surface area contributed by atoms with Gasteiger partial charge in [0.2, 0.25) is 17.2 Å². The van der Waals surface area contributed by atoms with E-state index in [1.54, 1.807) is 34.7 Å². The number of thioether (sulfide) groups is 1. The summed E-state index contributed by atoms with van der Waals surface area (Å²) in [4.78, 5) is 36.3. The molecule has 5 rings (SSSR count). The van der Waals surface area contributed by atoms with Gasteiger partial charge in [0.05, 0.1) is 5.39 Å². The van der Waals surface area contributed by atoms with Crippen molar-refractivity contribution in [2.24, 2.45) is 0 Å². The van der Waals surface area contributed by atoms with Crippen molar-refractivity contribution in [3.8, 4) is 22.8 Å². The number of nitrogens with one attached hydrogen (secondary N) is 1. The number of anilines is 1. The molecule has 3 heterocycles. The van der Waals surface area contributed by atoms with Crippen molar-refractivity contribution in [3.05, 3.63) is 88.3 Å². The molecule has 0 unspecified atom stereocenters. The second kappa shape index (κ2) is 9.79. The monoisotopic (exact) mass is 497 g/mol. The molecule has 0 aliphatic carbocycles. The van der Waals surface area contributed by atoms with E-state index in [4.69, 9.17) is 4.52 Å². The van der Waals surface area contributed by atoms with Gasteiger partial charge in [0, 0.05) is 28.0 Å². The highest BCUT2D eigenvalue weighted by atomic mass is 32.2. The number of rotatable bonds is 6. The van der Waals surface area contributed by atoms with E-state index in [2.05, 4.69) is 20.4 Å². The van der Waals surface area contributed by atoms with E-state index in [1.165, 1.54) is 0 Å². The highest BCUT2D eigenvalue weighted by Gasteiger charge is 2.19. The molecular weight excluding hydrogens is 474 g/mol. The number of pyridine rings is 2. The minimum Gasteiger partial charge on any atom is -0.333 e. The van der Waals surface area contributed by atoms with Gasteiger partial charge >= 0.3 is 0 Å². The predicted octanol–water partition coefficient (Wildman–Crippen LogP) is 5.09. The highest BCUT2D eigenvalue weighted by Crippen LogP contribution is 2.23. The lowest BCUT2D eigenvalue weighted by molar-refractivity contribution is -0.116. The Balaban J connectivity index is 1.53. The average molecular weight is 498 g/mol. The molecule has 0 saturated carbocycles. The van der Waals surface area contributed by atoms with Crippen molar-refractivity contribution in [1.82, 2.24) is 19.7 Å². The zero-order chi connectivity index (χ0) is 25.2. The van der Waals surface area contributed by atoms with Crippen molar-refractivity contribution in [2.45, 2.75) is 25.3 Å². The summed E-state index contributed by atoms with van der Waals surface area (Å²) in [6.45, 7) is 3.78. The lowest BCUT2D eigenvalue weighted by Gasteiger charge is -2.13. The Bertz CT molecular complexity index is 1640. The van der Waals surface area contributed by atoms with E-state index < -0.39 is 0 Å². The Labute approximate surface area is 211 Å². The molecule has 1 N–H and O–H groups in total. The fourth-order valence-electron chi connectivity index (χ4n) is 3.84. The first kappa shape index (κ1) is 23.5. The molecule has 0 atom stereocenters. The maximum Gasteiger partial charge on any atom is 0.263 e. The van der Waals surface area contributed by atoms with E-state index in [9.17, 15) is 9.59 Å². The third-order valence-electron chi connectivity index (χ3n) is 5.69. The third-order valence-corrected chi connectivity index (χ3v) is 6.42. The van der Waals surface area contributed by atoms with Crippen LogP contribution in [0.3, 0.4) is 0 Å². The number of hydrogen-bond donors (Lipinski definition) is 1. The zero-order valence-electron chi connectivity index (χ0n) is 20.0. The van der Waals surface area contributed by atoms with Gasteiger partial charge in [-0.05, 0) is 50.4 Å². The summed E-state index contributed by atoms with van der Waals surface area (Å²) in [5.41, 5.74) is 3.64. The van der Waals surface area contributed by atoms with Gasteiger partial charge in [-0.3, -0.25) is 9.59 Å². The molecule has 1 amide bonds. The molecule has 0 bridgehead atoms. The third kappa shape index (κ3) is 4.78. The summed E-state index contributed by atoms with van der Waals surface area (Å²) in [5.74, 6) is 0.211. The number of carbonyl (C=O) groups is 1. The van der Waals surface area contributed by atoms with Crippen LogP contribution < -0.4 is 10.7 Å². The van der Waals surface area contributed by atoms with E-state index in [-0.39, 0.29) is 29.3 Å². The maximum absolute atomic E-state index is 13.3. The Kier molecular flexibility index (Phi) is 6.39. The molecule has 3 aromatic heterocycles. The molecule has 2 aromatic carbocycles. The predicted molar refractivity (Wildman–Crippen MR) is 141 cm³/mol.